The largest absolute Gasteiger partial charge is 0.507 e. The number of nitrogens with zero attached hydrogens (tertiary/aromatic N) is 2. The van der Waals surface area contributed by atoms with E-state index >= 15 is 0 Å². The molecule has 0 aliphatic rings. The number of thiazole rings is 1. The van der Waals surface area contributed by atoms with Crippen molar-refractivity contribution in [1.82, 2.24) is 4.68 Å². The summed E-state index contributed by atoms with van der Waals surface area (Å²) in [6.07, 6.45) is 0. The van der Waals surface area contributed by atoms with Crippen molar-refractivity contribution >= 4 is 33.9 Å². The van der Waals surface area contributed by atoms with Crippen LogP contribution in [0.15, 0.2) is 98.4 Å². The Morgan fingerprint density at radius 1 is 1.03 bits per heavy atom. The summed E-state index contributed by atoms with van der Waals surface area (Å²) >= 11 is 1.26. The quantitative estimate of drug-likeness (QED) is 0.364. The summed E-state index contributed by atoms with van der Waals surface area (Å²) in [5, 5.41) is 12.6. The van der Waals surface area contributed by atoms with E-state index in [0.29, 0.717) is 21.8 Å². The van der Waals surface area contributed by atoms with Crippen molar-refractivity contribution in [1.29, 1.82) is 0 Å². The van der Waals surface area contributed by atoms with Gasteiger partial charge in [0.25, 0.3) is 5.91 Å². The van der Waals surface area contributed by atoms with Gasteiger partial charge in [-0.1, -0.05) is 48.0 Å². The summed E-state index contributed by atoms with van der Waals surface area (Å²) in [7, 11) is 0. The Morgan fingerprint density at radius 3 is 2.56 bits per heavy atom. The van der Waals surface area contributed by atoms with Gasteiger partial charge in [0, 0.05) is 10.8 Å². The highest BCUT2D eigenvalue weighted by Gasteiger charge is 2.18. The molecule has 3 aromatic carbocycles. The lowest BCUT2D eigenvalue weighted by molar-refractivity contribution is 0.100. The number of aromatic hydroxyl groups is 1. The van der Waals surface area contributed by atoms with Gasteiger partial charge in [-0.25, -0.2) is 14.5 Å². The topological polar surface area (TPSA) is 96.8 Å². The van der Waals surface area contributed by atoms with E-state index in [-0.39, 0.29) is 16.9 Å². The standard InChI is InChI=1S/C26H19N3O4S/c1-16-10-12-18(13-11-16)27-26-29(28-24(31)19-7-3-4-8-22(19)30)21(15-34-26)20-14-17-6-2-5-9-23(17)33-25(20)32/h2-15,30H,1H3,(H,28,31). The van der Waals surface area contributed by atoms with Gasteiger partial charge in [0.1, 0.15) is 11.3 Å². The summed E-state index contributed by atoms with van der Waals surface area (Å²) in [4.78, 5) is 31.0. The Labute approximate surface area is 197 Å². The normalized spacial score (nSPS) is 11.6. The van der Waals surface area contributed by atoms with Gasteiger partial charge in [-0.15, -0.1) is 11.3 Å². The lowest BCUT2D eigenvalue weighted by Crippen LogP contribution is -2.31. The number of hydrogen-bond donors (Lipinski definition) is 2. The molecule has 2 heterocycles. The Balaban J connectivity index is 1.68. The van der Waals surface area contributed by atoms with Crippen molar-refractivity contribution in [2.75, 3.05) is 5.43 Å². The molecule has 0 atom stereocenters. The minimum Gasteiger partial charge on any atom is -0.507 e. The molecule has 0 bridgehead atoms. The molecule has 0 radical (unpaired) electrons. The minimum absolute atomic E-state index is 0.0963. The summed E-state index contributed by atoms with van der Waals surface area (Å²) in [5.74, 6) is -0.701. The minimum atomic E-state index is -0.548. The van der Waals surface area contributed by atoms with Crippen LogP contribution in [0, 0.1) is 6.92 Å². The SMILES string of the molecule is Cc1ccc(N=c2scc(-c3cc4ccccc4oc3=O)n2NC(=O)c2ccccc2O)cc1. The van der Waals surface area contributed by atoms with E-state index in [9.17, 15) is 14.7 Å². The average molecular weight is 470 g/mol. The monoisotopic (exact) mass is 469 g/mol. The fraction of sp³-hybridized carbons (Fsp3) is 0.0385. The Bertz CT molecular complexity index is 1650. The van der Waals surface area contributed by atoms with Gasteiger partial charge in [-0.2, -0.15) is 0 Å². The van der Waals surface area contributed by atoms with Gasteiger partial charge in [-0.3, -0.25) is 10.2 Å². The average Bonchev–Trinajstić information content (AvgIpc) is 3.22. The lowest BCUT2D eigenvalue weighted by Gasteiger charge is -2.11. The molecular weight excluding hydrogens is 450 g/mol. The number of rotatable bonds is 4. The van der Waals surface area contributed by atoms with Crippen LogP contribution in [0.5, 0.6) is 5.75 Å². The van der Waals surface area contributed by atoms with Crippen LogP contribution >= 0.6 is 11.3 Å². The van der Waals surface area contributed by atoms with Gasteiger partial charge >= 0.3 is 5.63 Å². The number of nitrogens with one attached hydrogen (secondary N) is 1. The molecule has 0 spiro atoms. The van der Waals surface area contributed by atoms with Gasteiger partial charge in [0.15, 0.2) is 0 Å². The number of hydrogen-bond acceptors (Lipinski definition) is 6. The maximum atomic E-state index is 13.0. The third kappa shape index (κ3) is 4.14. The number of carbonyl (C=O) groups is 1. The third-order valence-electron chi connectivity index (χ3n) is 5.25. The highest BCUT2D eigenvalue weighted by molar-refractivity contribution is 7.07. The third-order valence-corrected chi connectivity index (χ3v) is 6.07. The number of aryl methyl sites for hydroxylation is 1. The zero-order valence-electron chi connectivity index (χ0n) is 18.1. The van der Waals surface area contributed by atoms with Crippen molar-refractivity contribution < 1.29 is 14.3 Å². The molecule has 0 fully saturated rings. The molecule has 2 N–H and O–H groups in total. The zero-order chi connectivity index (χ0) is 23.7. The van der Waals surface area contributed by atoms with E-state index < -0.39 is 11.5 Å². The smallest absolute Gasteiger partial charge is 0.345 e. The fourth-order valence-corrected chi connectivity index (χ4v) is 4.34. The van der Waals surface area contributed by atoms with Crippen molar-refractivity contribution in [2.24, 2.45) is 4.99 Å². The summed E-state index contributed by atoms with van der Waals surface area (Å²) in [6, 6.07) is 22.8. The predicted molar refractivity (Wildman–Crippen MR) is 132 cm³/mol. The molecule has 7 nitrogen and oxygen atoms in total. The molecular formula is C26H19N3O4S. The summed E-state index contributed by atoms with van der Waals surface area (Å²) in [5.41, 5.74) is 5.29. The molecule has 0 saturated heterocycles. The summed E-state index contributed by atoms with van der Waals surface area (Å²) < 4.78 is 6.95. The first-order chi connectivity index (χ1) is 16.5. The van der Waals surface area contributed by atoms with Crippen molar-refractivity contribution in [3.05, 3.63) is 111 Å². The molecule has 5 aromatic rings. The zero-order valence-corrected chi connectivity index (χ0v) is 18.9. The van der Waals surface area contributed by atoms with Crippen LogP contribution in [0.3, 0.4) is 0 Å². The predicted octanol–water partition coefficient (Wildman–Crippen LogP) is 4.95. The number of phenolic OH excluding ortho intramolecular Hbond substituents is 1. The number of fused-ring (bicyclic) bond motifs is 1. The van der Waals surface area contributed by atoms with Crippen molar-refractivity contribution in [2.45, 2.75) is 6.92 Å². The second kappa shape index (κ2) is 8.84. The first-order valence-electron chi connectivity index (χ1n) is 10.4. The molecule has 0 aliphatic carbocycles. The Hall–Kier alpha value is -4.43. The highest BCUT2D eigenvalue weighted by Crippen LogP contribution is 2.23. The van der Waals surface area contributed by atoms with Crippen LogP contribution in [-0.4, -0.2) is 15.7 Å². The van der Waals surface area contributed by atoms with E-state index in [1.807, 2.05) is 43.3 Å². The van der Waals surface area contributed by atoms with Crippen molar-refractivity contribution in [3.8, 4) is 17.0 Å². The van der Waals surface area contributed by atoms with Crippen LogP contribution in [0.4, 0.5) is 5.69 Å². The molecule has 0 unspecified atom stereocenters. The molecule has 168 valence electrons. The van der Waals surface area contributed by atoms with Gasteiger partial charge in [0.05, 0.1) is 22.5 Å². The van der Waals surface area contributed by atoms with Crippen LogP contribution in [-0.2, 0) is 0 Å². The van der Waals surface area contributed by atoms with Gasteiger partial charge < -0.3 is 9.52 Å². The second-order valence-electron chi connectivity index (χ2n) is 7.63. The number of benzene rings is 3. The van der Waals surface area contributed by atoms with E-state index in [2.05, 4.69) is 10.4 Å². The molecule has 1 amide bonds. The molecule has 0 aliphatic heterocycles. The van der Waals surface area contributed by atoms with Gasteiger partial charge in [0.2, 0.25) is 4.80 Å². The molecule has 8 heteroatoms. The highest BCUT2D eigenvalue weighted by atomic mass is 32.1. The van der Waals surface area contributed by atoms with E-state index in [0.717, 1.165) is 10.9 Å². The number of carbonyl (C=O) groups excluding carboxylic acids is 1. The summed E-state index contributed by atoms with van der Waals surface area (Å²) in [6.45, 7) is 1.98. The van der Waals surface area contributed by atoms with E-state index in [4.69, 9.17) is 4.42 Å². The number of para-hydroxylation sites is 2. The fourth-order valence-electron chi connectivity index (χ4n) is 3.48. The Kier molecular flexibility index (Phi) is 5.57. The number of aromatic nitrogens is 1. The number of amides is 1. The lowest BCUT2D eigenvalue weighted by atomic mass is 10.1. The van der Waals surface area contributed by atoms with E-state index in [1.165, 1.54) is 28.1 Å². The van der Waals surface area contributed by atoms with Crippen LogP contribution < -0.4 is 15.9 Å². The number of phenols is 1. The Morgan fingerprint density at radius 2 is 1.76 bits per heavy atom. The molecule has 5 rings (SSSR count). The van der Waals surface area contributed by atoms with Crippen LogP contribution in [0.25, 0.3) is 22.2 Å². The maximum absolute atomic E-state index is 13.0. The molecule has 2 aromatic heterocycles. The first-order valence-corrected chi connectivity index (χ1v) is 11.3. The van der Waals surface area contributed by atoms with E-state index in [1.54, 1.807) is 35.7 Å². The van der Waals surface area contributed by atoms with Crippen LogP contribution in [0.1, 0.15) is 15.9 Å². The maximum Gasteiger partial charge on any atom is 0.345 e. The van der Waals surface area contributed by atoms with Gasteiger partial charge in [-0.05, 0) is 43.3 Å². The second-order valence-corrected chi connectivity index (χ2v) is 8.47. The molecule has 0 saturated carbocycles. The first kappa shape index (κ1) is 21.4. The van der Waals surface area contributed by atoms with Crippen LogP contribution in [0.2, 0.25) is 0 Å². The van der Waals surface area contributed by atoms with Crippen molar-refractivity contribution in [3.63, 3.8) is 0 Å². The molecule has 34 heavy (non-hydrogen) atoms.